The number of carbonyl (C=O) groups is 2. The summed E-state index contributed by atoms with van der Waals surface area (Å²) in [6, 6.07) is 1.44. The summed E-state index contributed by atoms with van der Waals surface area (Å²) in [5, 5.41) is 0. The highest BCUT2D eigenvalue weighted by Gasteiger charge is 2.39. The maximum Gasteiger partial charge on any atom is 0.410 e. The highest BCUT2D eigenvalue weighted by molar-refractivity contribution is 5.86. The molecule has 3 heterocycles. The third-order valence-corrected chi connectivity index (χ3v) is 4.93. The Kier molecular flexibility index (Phi) is 6.44. The molecule has 3 rings (SSSR count). The van der Waals surface area contributed by atoms with E-state index in [0.717, 1.165) is 19.3 Å². The number of ether oxygens (including phenoxy) is 3. The molecule has 0 bridgehead atoms. The Hall–Kier alpha value is -2.58. The Balaban J connectivity index is 1.62. The van der Waals surface area contributed by atoms with Crippen LogP contribution in [-0.4, -0.2) is 76.3 Å². The van der Waals surface area contributed by atoms with Crippen molar-refractivity contribution in [2.75, 3.05) is 26.7 Å². The molecule has 1 aromatic heterocycles. The molecule has 0 aromatic carbocycles. The lowest BCUT2D eigenvalue weighted by molar-refractivity contribution is -0.138. The summed E-state index contributed by atoms with van der Waals surface area (Å²) in [6.07, 6.45) is 4.10. The van der Waals surface area contributed by atoms with Gasteiger partial charge in [-0.1, -0.05) is 0 Å². The van der Waals surface area contributed by atoms with Gasteiger partial charge in [-0.05, 0) is 46.5 Å². The van der Waals surface area contributed by atoms with Crippen LogP contribution in [0.25, 0.3) is 0 Å². The fourth-order valence-electron chi connectivity index (χ4n) is 3.67. The fraction of sp³-hybridized carbons (Fsp3) is 0.700. The molecule has 2 saturated heterocycles. The average molecular weight is 406 g/mol. The summed E-state index contributed by atoms with van der Waals surface area (Å²) in [6.45, 7) is 7.14. The first kappa shape index (κ1) is 21.1. The van der Waals surface area contributed by atoms with Gasteiger partial charge >= 0.3 is 12.1 Å². The van der Waals surface area contributed by atoms with Crippen LogP contribution in [0.15, 0.2) is 12.3 Å². The number of likely N-dealkylation sites (tertiary alicyclic amines) is 2. The van der Waals surface area contributed by atoms with Gasteiger partial charge in [0.1, 0.15) is 17.7 Å². The van der Waals surface area contributed by atoms with Crippen LogP contribution >= 0.6 is 0 Å². The van der Waals surface area contributed by atoms with Crippen LogP contribution in [0.2, 0.25) is 0 Å². The second-order valence-corrected chi connectivity index (χ2v) is 8.38. The number of rotatable bonds is 4. The molecule has 9 nitrogen and oxygen atoms in total. The molecule has 29 heavy (non-hydrogen) atoms. The topological polar surface area (TPSA) is 94.1 Å². The first-order chi connectivity index (χ1) is 13.8. The highest BCUT2D eigenvalue weighted by Crippen LogP contribution is 2.25. The summed E-state index contributed by atoms with van der Waals surface area (Å²) in [5.41, 5.74) is -0.587. The first-order valence-corrected chi connectivity index (χ1v) is 10.1. The molecule has 2 aliphatic rings. The van der Waals surface area contributed by atoms with Gasteiger partial charge in [0, 0.05) is 25.4 Å². The van der Waals surface area contributed by atoms with E-state index in [9.17, 15) is 9.59 Å². The molecule has 2 aliphatic heterocycles. The number of nitrogens with zero attached hydrogens (tertiary/aromatic N) is 4. The zero-order chi connectivity index (χ0) is 21.0. The van der Waals surface area contributed by atoms with E-state index in [4.69, 9.17) is 14.2 Å². The largest absolute Gasteiger partial charge is 0.472 e. The van der Waals surface area contributed by atoms with Crippen molar-refractivity contribution in [3.8, 4) is 11.9 Å². The Morgan fingerprint density at radius 3 is 2.66 bits per heavy atom. The van der Waals surface area contributed by atoms with Crippen LogP contribution < -0.4 is 9.47 Å². The zero-order valence-corrected chi connectivity index (χ0v) is 17.6. The highest BCUT2D eigenvalue weighted by atomic mass is 16.6. The molecular formula is C20H30N4O5. The van der Waals surface area contributed by atoms with Gasteiger partial charge in [0.25, 0.3) is 0 Å². The van der Waals surface area contributed by atoms with Crippen molar-refractivity contribution in [2.24, 2.45) is 0 Å². The van der Waals surface area contributed by atoms with Crippen LogP contribution in [0.4, 0.5) is 4.79 Å². The lowest BCUT2D eigenvalue weighted by atomic mass is 10.1. The van der Waals surface area contributed by atoms with E-state index < -0.39 is 17.7 Å². The van der Waals surface area contributed by atoms with Gasteiger partial charge in [-0.15, -0.1) is 0 Å². The smallest absolute Gasteiger partial charge is 0.410 e. The Morgan fingerprint density at radius 1 is 1.17 bits per heavy atom. The molecule has 2 fully saturated rings. The van der Waals surface area contributed by atoms with Gasteiger partial charge < -0.3 is 19.1 Å². The summed E-state index contributed by atoms with van der Waals surface area (Å²) in [7, 11) is 1.50. The van der Waals surface area contributed by atoms with Gasteiger partial charge in [-0.25, -0.2) is 9.78 Å². The third-order valence-electron chi connectivity index (χ3n) is 4.93. The van der Waals surface area contributed by atoms with Crippen LogP contribution in [-0.2, 0) is 9.53 Å². The van der Waals surface area contributed by atoms with E-state index in [-0.39, 0.29) is 18.0 Å². The van der Waals surface area contributed by atoms with Crippen molar-refractivity contribution in [3.63, 3.8) is 0 Å². The quantitative estimate of drug-likeness (QED) is 0.757. The monoisotopic (exact) mass is 406 g/mol. The number of hydrogen-bond acceptors (Lipinski definition) is 7. The maximum atomic E-state index is 13.2. The average Bonchev–Trinajstić information content (AvgIpc) is 3.16. The molecular weight excluding hydrogens is 376 g/mol. The number of amides is 2. The Labute approximate surface area is 171 Å². The molecule has 1 aromatic rings. The van der Waals surface area contributed by atoms with Crippen molar-refractivity contribution < 1.29 is 23.8 Å². The van der Waals surface area contributed by atoms with Gasteiger partial charge in [-0.3, -0.25) is 9.69 Å². The molecule has 2 unspecified atom stereocenters. The van der Waals surface area contributed by atoms with Crippen molar-refractivity contribution in [1.82, 2.24) is 19.8 Å². The molecule has 2 amide bonds. The predicted molar refractivity (Wildman–Crippen MR) is 105 cm³/mol. The van der Waals surface area contributed by atoms with E-state index in [1.165, 1.54) is 7.11 Å². The molecule has 9 heteroatoms. The van der Waals surface area contributed by atoms with Gasteiger partial charge in [0.15, 0.2) is 0 Å². The van der Waals surface area contributed by atoms with Crippen LogP contribution in [0, 0.1) is 0 Å². The predicted octanol–water partition coefficient (Wildman–Crippen LogP) is 2.25. The van der Waals surface area contributed by atoms with E-state index in [2.05, 4.69) is 9.97 Å². The number of carbonyl (C=O) groups excluding carboxylic acids is 2. The number of piperidine rings is 1. The van der Waals surface area contributed by atoms with Crippen LogP contribution in [0.5, 0.6) is 11.9 Å². The number of methoxy groups -OCH3 is 1. The number of hydrogen-bond donors (Lipinski definition) is 0. The van der Waals surface area contributed by atoms with Crippen molar-refractivity contribution >= 4 is 12.0 Å². The van der Waals surface area contributed by atoms with Gasteiger partial charge in [-0.2, -0.15) is 4.98 Å². The summed E-state index contributed by atoms with van der Waals surface area (Å²) in [4.78, 5) is 37.2. The SMILES string of the molecule is COc1nccc(OC2CCCN(C(=O)C3CCCN3C(=O)OC(C)(C)C)C2)n1. The molecule has 0 spiro atoms. The van der Waals surface area contributed by atoms with Crippen molar-refractivity contribution in [2.45, 2.75) is 64.2 Å². The third kappa shape index (κ3) is 5.48. The second kappa shape index (κ2) is 8.84. The van der Waals surface area contributed by atoms with Crippen molar-refractivity contribution in [3.05, 3.63) is 12.3 Å². The second-order valence-electron chi connectivity index (χ2n) is 8.38. The molecule has 0 N–H and O–H groups in total. The normalized spacial score (nSPS) is 22.3. The van der Waals surface area contributed by atoms with Crippen LogP contribution in [0.1, 0.15) is 46.5 Å². The zero-order valence-electron chi connectivity index (χ0n) is 17.6. The number of aromatic nitrogens is 2. The minimum Gasteiger partial charge on any atom is -0.472 e. The minimum atomic E-state index is -0.587. The van der Waals surface area contributed by atoms with E-state index in [1.807, 2.05) is 20.8 Å². The standard InChI is InChI=1S/C20H30N4O5/c1-20(2,3)29-19(26)24-12-6-8-15(24)17(25)23-11-5-7-14(13-23)28-16-9-10-21-18(22-16)27-4/h9-10,14-15H,5-8,11-13H2,1-4H3. The fourth-order valence-corrected chi connectivity index (χ4v) is 3.67. The van der Waals surface area contributed by atoms with Crippen molar-refractivity contribution in [1.29, 1.82) is 0 Å². The van der Waals surface area contributed by atoms with Gasteiger partial charge in [0.2, 0.25) is 11.8 Å². The Bertz CT molecular complexity index is 736. The van der Waals surface area contributed by atoms with Gasteiger partial charge in [0.05, 0.1) is 13.7 Å². The molecule has 0 aliphatic carbocycles. The summed E-state index contributed by atoms with van der Waals surface area (Å²) < 4.78 is 16.5. The molecule has 160 valence electrons. The first-order valence-electron chi connectivity index (χ1n) is 10.1. The molecule has 0 radical (unpaired) electrons. The molecule has 0 saturated carbocycles. The Morgan fingerprint density at radius 2 is 1.93 bits per heavy atom. The summed E-state index contributed by atoms with van der Waals surface area (Å²) >= 11 is 0. The van der Waals surface area contributed by atoms with E-state index in [1.54, 1.807) is 22.1 Å². The van der Waals surface area contributed by atoms with E-state index >= 15 is 0 Å². The lowest BCUT2D eigenvalue weighted by Gasteiger charge is -2.36. The maximum absolute atomic E-state index is 13.2. The molecule has 2 atom stereocenters. The minimum absolute atomic E-state index is 0.0399. The van der Waals surface area contributed by atoms with E-state index in [0.29, 0.717) is 31.9 Å². The lowest BCUT2D eigenvalue weighted by Crippen LogP contribution is -2.53. The van der Waals surface area contributed by atoms with Crippen LogP contribution in [0.3, 0.4) is 0 Å². The summed E-state index contributed by atoms with van der Waals surface area (Å²) in [5.74, 6) is 0.384.